The zero-order valence-corrected chi connectivity index (χ0v) is 35.6. The molecule has 0 saturated carbocycles. The van der Waals surface area contributed by atoms with Crippen molar-refractivity contribution in [2.75, 3.05) is 9.80 Å². The van der Waals surface area contributed by atoms with Gasteiger partial charge >= 0.3 is 0 Å². The topological polar surface area (TPSA) is 42.8 Å². The monoisotopic (exact) mass is 998 g/mol. The van der Waals surface area contributed by atoms with Crippen LogP contribution in [-0.2, 0) is 21.1 Å². The first-order chi connectivity index (χ1) is 32.9. The quantitative estimate of drug-likeness (QED) is 0.153. The molecule has 8 aromatic carbocycles. The molecule has 0 amide bonds. The van der Waals surface area contributed by atoms with Crippen molar-refractivity contribution in [3.05, 3.63) is 212 Å². The van der Waals surface area contributed by atoms with Crippen LogP contribution in [0.3, 0.4) is 0 Å². The molecule has 306 valence electrons. The number of rotatable bonds is 1. The van der Waals surface area contributed by atoms with E-state index in [1.807, 2.05) is 78.9 Å². The standard InChI is InChI=1S/C56H37N4O2.Pt/c1-36-18-29-51-49(30-36)48-28-27-45-33-54(48)60(51)55-31-37(2)50(34-57-55)40-21-25-43(26-22-40)61-42-23-19-39(20-24-42)47-15-9-14-46(38-10-4-3-5-11-38)56(47)59-35-58(52-16-6-7-17-53(52)59)41-12-8-13-44(32-41)62-45;/h3-31,34-35H,1-2H3;/q-3;/i1D3,2D3;. The minimum Gasteiger partial charge on any atom is -0.509 e. The summed E-state index contributed by atoms with van der Waals surface area (Å²) < 4.78 is 65.4. The fraction of sp³-hybridized carbons (Fsp3) is 0.0357. The Kier molecular flexibility index (Phi) is 7.95. The van der Waals surface area contributed by atoms with Crippen LogP contribution in [0.4, 0.5) is 22.7 Å². The number of ether oxygens (including phenoxy) is 2. The van der Waals surface area contributed by atoms with Crippen LogP contribution in [0, 0.1) is 32.5 Å². The summed E-state index contributed by atoms with van der Waals surface area (Å²) in [5.74, 6) is 2.33. The molecule has 0 fully saturated rings. The third-order valence-electron chi connectivity index (χ3n) is 11.6. The van der Waals surface area contributed by atoms with Gasteiger partial charge in [0.05, 0.1) is 0 Å². The number of nitrogens with zero attached hydrogens (tertiary/aromatic N) is 4. The summed E-state index contributed by atoms with van der Waals surface area (Å²) >= 11 is 0. The predicted molar refractivity (Wildman–Crippen MR) is 250 cm³/mol. The number of benzene rings is 8. The van der Waals surface area contributed by atoms with Crippen LogP contribution in [0.5, 0.6) is 23.0 Å². The zero-order chi connectivity index (χ0) is 46.3. The number of para-hydroxylation sites is 3. The summed E-state index contributed by atoms with van der Waals surface area (Å²) in [4.78, 5) is 9.21. The van der Waals surface area contributed by atoms with Crippen molar-refractivity contribution in [3.8, 4) is 62.2 Å². The largest absolute Gasteiger partial charge is 0.509 e. The molecule has 7 heterocycles. The van der Waals surface area contributed by atoms with Crippen LogP contribution in [0.15, 0.2) is 182 Å². The molecule has 0 saturated heterocycles. The number of aromatic nitrogens is 2. The van der Waals surface area contributed by atoms with E-state index in [-0.39, 0.29) is 32.2 Å². The van der Waals surface area contributed by atoms with Gasteiger partial charge in [0, 0.05) is 86.3 Å². The number of pyridine rings is 1. The summed E-state index contributed by atoms with van der Waals surface area (Å²) in [5.41, 5.74) is 10.3. The van der Waals surface area contributed by atoms with Gasteiger partial charge in [-0.15, -0.1) is 48.1 Å². The summed E-state index contributed by atoms with van der Waals surface area (Å²) in [7, 11) is 0. The van der Waals surface area contributed by atoms with Gasteiger partial charge in [-0.05, 0) is 89.9 Å². The van der Waals surface area contributed by atoms with Gasteiger partial charge in [-0.2, -0.15) is 12.1 Å². The van der Waals surface area contributed by atoms with E-state index in [1.54, 1.807) is 41.1 Å². The van der Waals surface area contributed by atoms with Gasteiger partial charge in [0.25, 0.3) is 0 Å². The van der Waals surface area contributed by atoms with Gasteiger partial charge < -0.3 is 23.8 Å². The second kappa shape index (κ2) is 15.5. The number of fused-ring (bicyclic) bond motifs is 6. The smallest absolute Gasteiger partial charge is 0.135 e. The molecule has 10 aromatic rings. The maximum Gasteiger partial charge on any atom is 0.135 e. The molecule has 15 rings (SSSR count). The van der Waals surface area contributed by atoms with E-state index in [0.717, 1.165) is 45.0 Å². The second-order valence-corrected chi connectivity index (χ2v) is 15.3. The van der Waals surface area contributed by atoms with E-state index in [4.69, 9.17) is 22.7 Å². The van der Waals surface area contributed by atoms with Gasteiger partial charge in [-0.25, -0.2) is 4.98 Å². The fourth-order valence-corrected chi connectivity index (χ4v) is 8.68. The van der Waals surface area contributed by atoms with Crippen molar-refractivity contribution < 1.29 is 38.8 Å². The van der Waals surface area contributed by atoms with Crippen LogP contribution in [0.2, 0.25) is 0 Å². The van der Waals surface area contributed by atoms with Crippen molar-refractivity contribution in [3.63, 3.8) is 0 Å². The summed E-state index contributed by atoms with van der Waals surface area (Å²) in [6, 6.07) is 63.2. The van der Waals surface area contributed by atoms with Gasteiger partial charge in [0.1, 0.15) is 17.3 Å². The summed E-state index contributed by atoms with van der Waals surface area (Å²) in [5, 5.41) is 1.33. The van der Waals surface area contributed by atoms with E-state index < -0.39 is 13.7 Å². The molecule has 6 nitrogen and oxygen atoms in total. The Hall–Kier alpha value is -7.40. The maximum atomic E-state index is 8.68. The number of hydrogen-bond donors (Lipinski definition) is 0. The van der Waals surface area contributed by atoms with Crippen LogP contribution >= 0.6 is 0 Å². The van der Waals surface area contributed by atoms with E-state index in [1.165, 1.54) is 0 Å². The first-order valence-electron chi connectivity index (χ1n) is 23.3. The molecule has 2 aromatic heterocycles. The fourth-order valence-electron chi connectivity index (χ4n) is 8.68. The van der Waals surface area contributed by atoms with Crippen molar-refractivity contribution in [1.82, 2.24) is 9.55 Å². The Bertz CT molecular complexity index is 3600. The molecule has 5 aliphatic rings. The van der Waals surface area contributed by atoms with E-state index in [9.17, 15) is 0 Å². The first-order valence-corrected chi connectivity index (χ1v) is 20.3. The minimum absolute atomic E-state index is 0. The van der Waals surface area contributed by atoms with Crippen molar-refractivity contribution >= 4 is 44.6 Å². The molecular formula is C56H37N4O2Pt-3. The summed E-state index contributed by atoms with van der Waals surface area (Å²) in [6.07, 6.45) is 1.57. The van der Waals surface area contributed by atoms with Gasteiger partial charge in [0.15, 0.2) is 0 Å². The number of anilines is 4. The molecule has 0 spiro atoms. The van der Waals surface area contributed by atoms with Crippen LogP contribution in [0.1, 0.15) is 19.4 Å². The van der Waals surface area contributed by atoms with Crippen LogP contribution in [-0.4, -0.2) is 9.55 Å². The normalized spacial score (nSPS) is 14.4. The zero-order valence-electron chi connectivity index (χ0n) is 39.3. The molecular weight excluding hydrogens is 956 g/mol. The van der Waals surface area contributed by atoms with Crippen LogP contribution < -0.4 is 19.3 Å². The third-order valence-corrected chi connectivity index (χ3v) is 11.6. The van der Waals surface area contributed by atoms with Gasteiger partial charge in [-0.3, -0.25) is 0 Å². The molecule has 0 atom stereocenters. The maximum absolute atomic E-state index is 8.68. The van der Waals surface area contributed by atoms with Gasteiger partial charge in [-0.1, -0.05) is 108 Å². The van der Waals surface area contributed by atoms with Crippen molar-refractivity contribution in [2.45, 2.75) is 13.7 Å². The first kappa shape index (κ1) is 32.3. The van der Waals surface area contributed by atoms with Gasteiger partial charge in [0.2, 0.25) is 0 Å². The second-order valence-electron chi connectivity index (χ2n) is 15.3. The Morgan fingerprint density at radius 3 is 1.98 bits per heavy atom. The Labute approximate surface area is 388 Å². The molecule has 0 aliphatic carbocycles. The van der Waals surface area contributed by atoms with Crippen molar-refractivity contribution in [2.24, 2.45) is 0 Å². The van der Waals surface area contributed by atoms with E-state index in [2.05, 4.69) is 95.3 Å². The molecule has 0 unspecified atom stereocenters. The number of hydrogen-bond acceptors (Lipinski definition) is 5. The van der Waals surface area contributed by atoms with Crippen molar-refractivity contribution in [1.29, 1.82) is 0 Å². The average Bonchev–Trinajstić information content (AvgIpc) is 3.89. The minimum atomic E-state index is -2.52. The molecule has 5 aliphatic heterocycles. The van der Waals surface area contributed by atoms with E-state index in [0.29, 0.717) is 61.7 Å². The Morgan fingerprint density at radius 2 is 1.24 bits per heavy atom. The average molecular weight is 999 g/mol. The molecule has 12 bridgehead atoms. The van der Waals surface area contributed by atoms with Crippen LogP contribution in [0.25, 0.3) is 61.0 Å². The number of aryl methyl sites for hydroxylation is 2. The molecule has 0 radical (unpaired) electrons. The Morgan fingerprint density at radius 1 is 0.556 bits per heavy atom. The molecule has 63 heavy (non-hydrogen) atoms. The SMILES string of the molecule is [2H]C([2H])([2H])c1ccc2c(c1)c1ccc3[c-]c1n2-c1cc(C([2H])([2H])[2H])c(cn1)-c1ccc(cc1)Oc1ccc(cc1)-c1cccc(-c2ccccc2)c1N1[CH-]N(c2[c-]c(ccc2)O3)c2ccccc21.[Pt]. The molecule has 7 heteroatoms. The molecule has 0 N–H and O–H groups in total. The third kappa shape index (κ3) is 6.66. The Balaban J connectivity index is 0.00000520. The van der Waals surface area contributed by atoms with E-state index >= 15 is 0 Å². The summed E-state index contributed by atoms with van der Waals surface area (Å²) in [6.45, 7) is -2.79. The predicted octanol–water partition coefficient (Wildman–Crippen LogP) is 14.7.